The van der Waals surface area contributed by atoms with Crippen molar-refractivity contribution in [2.24, 2.45) is 5.73 Å². The molecule has 0 saturated carbocycles. The van der Waals surface area contributed by atoms with Crippen LogP contribution in [0.25, 0.3) is 0 Å². The van der Waals surface area contributed by atoms with Crippen LogP contribution in [0.1, 0.15) is 11.4 Å². The summed E-state index contributed by atoms with van der Waals surface area (Å²) >= 11 is 0. The molecule has 0 aliphatic heterocycles. The molecular weight excluding hydrogens is 240 g/mol. The second kappa shape index (κ2) is 5.95. The average molecular weight is 256 g/mol. The Bertz CT molecular complexity index is 556. The van der Waals surface area contributed by atoms with Gasteiger partial charge in [0.1, 0.15) is 11.6 Å². The minimum absolute atomic E-state index is 0.141. The van der Waals surface area contributed by atoms with Crippen molar-refractivity contribution in [3.8, 4) is 0 Å². The number of amides is 1. The number of carbonyl (C=O) groups excluding carboxylic acids is 1. The second-order valence-corrected chi connectivity index (χ2v) is 4.32. The Morgan fingerprint density at radius 3 is 2.68 bits per heavy atom. The number of carbonyl (C=O) groups is 1. The summed E-state index contributed by atoms with van der Waals surface area (Å²) in [7, 11) is 1.78. The van der Waals surface area contributed by atoms with Crippen molar-refractivity contribution in [3.63, 3.8) is 0 Å². The van der Waals surface area contributed by atoms with E-state index in [1.807, 2.05) is 30.3 Å². The summed E-state index contributed by atoms with van der Waals surface area (Å²) in [6, 6.07) is 11.8. The van der Waals surface area contributed by atoms with Crippen molar-refractivity contribution in [2.75, 3.05) is 18.5 Å². The molecule has 0 bridgehead atoms. The zero-order chi connectivity index (χ0) is 13.7. The maximum absolute atomic E-state index is 10.9. The van der Waals surface area contributed by atoms with Gasteiger partial charge in [0.2, 0.25) is 5.91 Å². The molecule has 5 heteroatoms. The van der Waals surface area contributed by atoms with Crippen LogP contribution in [0.4, 0.5) is 5.82 Å². The first kappa shape index (κ1) is 13.0. The van der Waals surface area contributed by atoms with Gasteiger partial charge in [0.25, 0.3) is 0 Å². The van der Waals surface area contributed by atoms with Gasteiger partial charge in [-0.2, -0.15) is 0 Å². The van der Waals surface area contributed by atoms with Gasteiger partial charge in [-0.15, -0.1) is 0 Å². The van der Waals surface area contributed by atoms with E-state index < -0.39 is 0 Å². The molecule has 0 unspecified atom stereocenters. The molecule has 5 nitrogen and oxygen atoms in total. The molecular formula is C14H16N4O. The van der Waals surface area contributed by atoms with E-state index in [9.17, 15) is 4.79 Å². The highest BCUT2D eigenvalue weighted by Crippen LogP contribution is 2.10. The molecule has 0 saturated heterocycles. The van der Waals surface area contributed by atoms with Crippen LogP contribution in [0, 0.1) is 0 Å². The van der Waals surface area contributed by atoms with E-state index in [0.717, 1.165) is 11.4 Å². The van der Waals surface area contributed by atoms with Crippen molar-refractivity contribution >= 4 is 11.7 Å². The quantitative estimate of drug-likeness (QED) is 0.866. The molecule has 0 fully saturated rings. The number of aromatic nitrogens is 2. The fourth-order valence-electron chi connectivity index (χ4n) is 1.78. The number of likely N-dealkylation sites (N-methyl/N-ethyl adjacent to an activating group) is 1. The Morgan fingerprint density at radius 2 is 2.00 bits per heavy atom. The van der Waals surface area contributed by atoms with Gasteiger partial charge in [-0.05, 0) is 11.6 Å². The van der Waals surface area contributed by atoms with Crippen LogP contribution >= 0.6 is 0 Å². The third-order valence-corrected chi connectivity index (χ3v) is 2.68. The van der Waals surface area contributed by atoms with Crippen molar-refractivity contribution in [1.82, 2.24) is 9.97 Å². The van der Waals surface area contributed by atoms with Gasteiger partial charge in [0.15, 0.2) is 0 Å². The Kier molecular flexibility index (Phi) is 4.07. The molecule has 1 heterocycles. The molecule has 0 aliphatic rings. The summed E-state index contributed by atoms with van der Waals surface area (Å²) in [6.07, 6.45) is 2.36. The number of anilines is 1. The number of nitrogens with two attached hydrogens (primary N) is 1. The van der Waals surface area contributed by atoms with Gasteiger partial charge >= 0.3 is 0 Å². The smallest absolute Gasteiger partial charge is 0.236 e. The zero-order valence-electron chi connectivity index (χ0n) is 10.8. The Hall–Kier alpha value is -2.43. The van der Waals surface area contributed by atoms with E-state index in [2.05, 4.69) is 9.97 Å². The van der Waals surface area contributed by atoms with Gasteiger partial charge in [0.05, 0.1) is 6.54 Å². The first-order valence-electron chi connectivity index (χ1n) is 6.00. The first-order valence-corrected chi connectivity index (χ1v) is 6.00. The summed E-state index contributed by atoms with van der Waals surface area (Å²) < 4.78 is 0. The summed E-state index contributed by atoms with van der Waals surface area (Å²) in [5.41, 5.74) is 6.32. The maximum Gasteiger partial charge on any atom is 0.236 e. The topological polar surface area (TPSA) is 72.1 Å². The Labute approximate surface area is 112 Å². The maximum atomic E-state index is 10.9. The molecule has 2 rings (SSSR count). The molecule has 2 N–H and O–H groups in total. The number of hydrogen-bond donors (Lipinski definition) is 1. The number of hydrogen-bond acceptors (Lipinski definition) is 4. The fourth-order valence-corrected chi connectivity index (χ4v) is 1.78. The third kappa shape index (κ3) is 3.77. The van der Waals surface area contributed by atoms with Gasteiger partial charge in [-0.25, -0.2) is 9.97 Å². The lowest BCUT2D eigenvalue weighted by atomic mass is 10.1. The van der Waals surface area contributed by atoms with Crippen LogP contribution in [-0.4, -0.2) is 29.5 Å². The normalized spacial score (nSPS) is 10.2. The van der Waals surface area contributed by atoms with Crippen LogP contribution in [-0.2, 0) is 11.2 Å². The summed E-state index contributed by atoms with van der Waals surface area (Å²) in [5, 5.41) is 0. The summed E-state index contributed by atoms with van der Waals surface area (Å²) in [4.78, 5) is 21.3. The number of benzene rings is 1. The van der Waals surface area contributed by atoms with E-state index in [4.69, 9.17) is 5.73 Å². The molecule has 1 aromatic carbocycles. The lowest BCUT2D eigenvalue weighted by Crippen LogP contribution is -2.31. The van der Waals surface area contributed by atoms with E-state index in [1.54, 1.807) is 24.2 Å². The van der Waals surface area contributed by atoms with Crippen molar-refractivity contribution in [2.45, 2.75) is 6.42 Å². The zero-order valence-corrected chi connectivity index (χ0v) is 10.8. The predicted octanol–water partition coefficient (Wildman–Crippen LogP) is 0.989. The van der Waals surface area contributed by atoms with Gasteiger partial charge in [0, 0.05) is 19.7 Å². The van der Waals surface area contributed by atoms with E-state index >= 15 is 0 Å². The van der Waals surface area contributed by atoms with Crippen LogP contribution < -0.4 is 10.6 Å². The molecule has 98 valence electrons. The van der Waals surface area contributed by atoms with Gasteiger partial charge < -0.3 is 10.6 Å². The van der Waals surface area contributed by atoms with E-state index in [0.29, 0.717) is 12.2 Å². The third-order valence-electron chi connectivity index (χ3n) is 2.68. The number of nitrogens with zero attached hydrogens (tertiary/aromatic N) is 3. The molecule has 0 radical (unpaired) electrons. The summed E-state index contributed by atoms with van der Waals surface area (Å²) in [5.74, 6) is 1.03. The molecule has 0 aliphatic carbocycles. The van der Waals surface area contributed by atoms with Crippen LogP contribution in [0.5, 0.6) is 0 Å². The van der Waals surface area contributed by atoms with E-state index in [1.165, 1.54) is 0 Å². The highest BCUT2D eigenvalue weighted by atomic mass is 16.1. The number of primary amides is 1. The molecule has 2 aromatic rings. The lowest BCUT2D eigenvalue weighted by molar-refractivity contribution is -0.116. The van der Waals surface area contributed by atoms with Crippen LogP contribution in [0.15, 0.2) is 42.6 Å². The fraction of sp³-hybridized carbons (Fsp3) is 0.214. The van der Waals surface area contributed by atoms with Crippen molar-refractivity contribution in [1.29, 1.82) is 0 Å². The van der Waals surface area contributed by atoms with E-state index in [-0.39, 0.29) is 12.5 Å². The largest absolute Gasteiger partial charge is 0.368 e. The highest BCUT2D eigenvalue weighted by Gasteiger charge is 2.07. The standard InChI is InChI=1S/C14H16N4O/c1-18(10-12(15)19)14-7-8-16-13(17-14)9-11-5-3-2-4-6-11/h2-8H,9-10H2,1H3,(H2,15,19). The monoisotopic (exact) mass is 256 g/mol. The first-order chi connectivity index (χ1) is 9.15. The van der Waals surface area contributed by atoms with Gasteiger partial charge in [-0.1, -0.05) is 30.3 Å². The molecule has 19 heavy (non-hydrogen) atoms. The minimum atomic E-state index is -0.384. The highest BCUT2D eigenvalue weighted by molar-refractivity contribution is 5.78. The molecule has 1 amide bonds. The van der Waals surface area contributed by atoms with Crippen molar-refractivity contribution in [3.05, 3.63) is 54.0 Å². The molecule has 0 atom stereocenters. The van der Waals surface area contributed by atoms with Crippen LogP contribution in [0.2, 0.25) is 0 Å². The molecule has 1 aromatic heterocycles. The second-order valence-electron chi connectivity index (χ2n) is 4.32. The predicted molar refractivity (Wildman–Crippen MR) is 73.7 cm³/mol. The van der Waals surface area contributed by atoms with Crippen LogP contribution in [0.3, 0.4) is 0 Å². The van der Waals surface area contributed by atoms with Crippen molar-refractivity contribution < 1.29 is 4.79 Å². The lowest BCUT2D eigenvalue weighted by Gasteiger charge is -2.16. The van der Waals surface area contributed by atoms with Gasteiger partial charge in [-0.3, -0.25) is 4.79 Å². The number of rotatable bonds is 5. The Morgan fingerprint density at radius 1 is 1.26 bits per heavy atom. The average Bonchev–Trinajstić information content (AvgIpc) is 2.39. The minimum Gasteiger partial charge on any atom is -0.368 e. The molecule has 0 spiro atoms. The Balaban J connectivity index is 2.13. The SMILES string of the molecule is CN(CC(N)=O)c1ccnc(Cc2ccccc2)n1. The summed E-state index contributed by atoms with van der Waals surface area (Å²) in [6.45, 7) is 0.141.